The molecule has 0 saturated carbocycles. The number of nitrogens with zero attached hydrogens (tertiary/aromatic N) is 1. The highest BCUT2D eigenvalue weighted by Gasteiger charge is 2.42. The van der Waals surface area contributed by atoms with Gasteiger partial charge in [0.25, 0.3) is 0 Å². The Bertz CT molecular complexity index is 376. The Morgan fingerprint density at radius 1 is 1.47 bits per heavy atom. The lowest BCUT2D eigenvalue weighted by Gasteiger charge is -2.46. The average Bonchev–Trinajstić information content (AvgIpc) is 2.30. The third kappa shape index (κ3) is 2.07. The van der Waals surface area contributed by atoms with Crippen molar-refractivity contribution in [3.63, 3.8) is 0 Å². The van der Waals surface area contributed by atoms with Gasteiger partial charge in [0.15, 0.2) is 0 Å². The summed E-state index contributed by atoms with van der Waals surface area (Å²) in [6.07, 6.45) is 4.11. The van der Waals surface area contributed by atoms with Crippen molar-refractivity contribution in [1.29, 1.82) is 0 Å². The lowest BCUT2D eigenvalue weighted by atomic mass is 9.94. The molecule has 2 aliphatic heterocycles. The third-order valence-electron chi connectivity index (χ3n) is 3.72. The number of carbonyl (C=O) groups is 2. The lowest BCUT2D eigenvalue weighted by molar-refractivity contribution is -0.145. The predicted octanol–water partition coefficient (Wildman–Crippen LogP) is -0.0125. The Balaban J connectivity index is 2.20. The minimum Gasteiger partial charge on any atom is -0.339 e. The molecule has 5 nitrogen and oxygen atoms in total. The van der Waals surface area contributed by atoms with Crippen LogP contribution in [0.3, 0.4) is 0 Å². The van der Waals surface area contributed by atoms with Gasteiger partial charge in [-0.3, -0.25) is 14.9 Å². The molecule has 0 aromatic carbocycles. The Hall–Kier alpha value is -1.36. The minimum absolute atomic E-state index is 0.00157. The van der Waals surface area contributed by atoms with E-state index in [0.717, 1.165) is 6.42 Å². The van der Waals surface area contributed by atoms with Crippen LogP contribution in [0.25, 0.3) is 0 Å². The normalized spacial score (nSPS) is 29.0. The second-order valence-corrected chi connectivity index (χ2v) is 5.17. The van der Waals surface area contributed by atoms with Crippen LogP contribution in [0.15, 0.2) is 12.2 Å². The molecule has 0 aromatic rings. The second-order valence-electron chi connectivity index (χ2n) is 5.17. The van der Waals surface area contributed by atoms with Crippen LogP contribution in [0.4, 0.5) is 0 Å². The summed E-state index contributed by atoms with van der Waals surface area (Å²) in [5.41, 5.74) is -0.194. The largest absolute Gasteiger partial charge is 0.339 e. The molecular formula is C12H19N3O2. The summed E-state index contributed by atoms with van der Waals surface area (Å²) in [5.74, 6) is -0.198. The fourth-order valence-corrected chi connectivity index (χ4v) is 2.14. The van der Waals surface area contributed by atoms with Crippen LogP contribution in [0.5, 0.6) is 0 Å². The molecule has 94 valence electrons. The van der Waals surface area contributed by atoms with Crippen molar-refractivity contribution in [2.45, 2.75) is 44.8 Å². The first-order valence-corrected chi connectivity index (χ1v) is 5.99. The van der Waals surface area contributed by atoms with Gasteiger partial charge < -0.3 is 10.2 Å². The summed E-state index contributed by atoms with van der Waals surface area (Å²) in [6, 6.07) is -0.545. The van der Waals surface area contributed by atoms with Crippen LogP contribution < -0.4 is 10.6 Å². The molecule has 5 heteroatoms. The van der Waals surface area contributed by atoms with E-state index in [1.54, 1.807) is 11.0 Å². The molecule has 0 spiro atoms. The van der Waals surface area contributed by atoms with E-state index in [0.29, 0.717) is 6.67 Å². The smallest absolute Gasteiger partial charge is 0.248 e. The van der Waals surface area contributed by atoms with Crippen molar-refractivity contribution < 1.29 is 9.59 Å². The van der Waals surface area contributed by atoms with E-state index < -0.39 is 6.04 Å². The highest BCUT2D eigenvalue weighted by molar-refractivity contribution is 5.96. The predicted molar refractivity (Wildman–Crippen MR) is 64.1 cm³/mol. The topological polar surface area (TPSA) is 61.4 Å². The van der Waals surface area contributed by atoms with Crippen molar-refractivity contribution in [1.82, 2.24) is 15.5 Å². The minimum atomic E-state index is -0.466. The lowest BCUT2D eigenvalue weighted by Crippen LogP contribution is -2.69. The van der Waals surface area contributed by atoms with Crippen molar-refractivity contribution in [2.75, 3.05) is 6.67 Å². The SMILES string of the molecule is CCC(C)(C)N1CNC2C=CC(=O)NC2C1=O. The molecular weight excluding hydrogens is 218 g/mol. The highest BCUT2D eigenvalue weighted by Crippen LogP contribution is 2.23. The van der Waals surface area contributed by atoms with Gasteiger partial charge in [-0.2, -0.15) is 0 Å². The molecule has 1 fully saturated rings. The van der Waals surface area contributed by atoms with E-state index in [1.165, 1.54) is 6.08 Å². The maximum Gasteiger partial charge on any atom is 0.248 e. The van der Waals surface area contributed by atoms with E-state index in [-0.39, 0.29) is 23.4 Å². The van der Waals surface area contributed by atoms with Gasteiger partial charge in [0.1, 0.15) is 6.04 Å². The van der Waals surface area contributed by atoms with Gasteiger partial charge in [0.2, 0.25) is 11.8 Å². The highest BCUT2D eigenvalue weighted by atomic mass is 16.2. The standard InChI is InChI=1S/C12H19N3O2/c1-4-12(2,3)15-7-13-8-5-6-9(16)14-10(8)11(15)17/h5-6,8,10,13H,4,7H2,1-3H3,(H,14,16). The number of nitrogens with one attached hydrogen (secondary N) is 2. The zero-order valence-electron chi connectivity index (χ0n) is 10.5. The summed E-state index contributed by atoms with van der Waals surface area (Å²) in [7, 11) is 0. The number of amides is 2. The van der Waals surface area contributed by atoms with Gasteiger partial charge in [0.05, 0.1) is 12.7 Å². The van der Waals surface area contributed by atoms with Gasteiger partial charge in [0, 0.05) is 11.6 Å². The van der Waals surface area contributed by atoms with E-state index in [4.69, 9.17) is 0 Å². The van der Waals surface area contributed by atoms with Crippen LogP contribution in [-0.2, 0) is 9.59 Å². The number of rotatable bonds is 2. The molecule has 2 aliphatic rings. The molecule has 0 aliphatic carbocycles. The van der Waals surface area contributed by atoms with Crippen LogP contribution >= 0.6 is 0 Å². The molecule has 0 aromatic heterocycles. The van der Waals surface area contributed by atoms with E-state index in [9.17, 15) is 9.59 Å². The van der Waals surface area contributed by atoms with Crippen LogP contribution in [-0.4, -0.2) is 41.0 Å². The summed E-state index contributed by atoms with van der Waals surface area (Å²) in [5, 5.41) is 5.98. The molecule has 2 atom stereocenters. The Morgan fingerprint density at radius 2 is 2.18 bits per heavy atom. The fourth-order valence-electron chi connectivity index (χ4n) is 2.14. The first kappa shape index (κ1) is 12.1. The molecule has 2 amide bonds. The van der Waals surface area contributed by atoms with Crippen LogP contribution in [0, 0.1) is 0 Å². The first-order chi connectivity index (χ1) is 7.95. The average molecular weight is 237 g/mol. The molecule has 1 saturated heterocycles. The zero-order chi connectivity index (χ0) is 12.6. The van der Waals surface area contributed by atoms with Gasteiger partial charge in [-0.15, -0.1) is 0 Å². The quantitative estimate of drug-likeness (QED) is 0.710. The first-order valence-electron chi connectivity index (χ1n) is 5.99. The third-order valence-corrected chi connectivity index (χ3v) is 3.72. The maximum atomic E-state index is 12.3. The van der Waals surface area contributed by atoms with Gasteiger partial charge in [-0.1, -0.05) is 13.0 Å². The van der Waals surface area contributed by atoms with E-state index in [1.807, 2.05) is 13.8 Å². The van der Waals surface area contributed by atoms with E-state index >= 15 is 0 Å². The summed E-state index contributed by atoms with van der Waals surface area (Å²) >= 11 is 0. The monoisotopic (exact) mass is 237 g/mol. The molecule has 0 bridgehead atoms. The molecule has 2 heterocycles. The van der Waals surface area contributed by atoms with Gasteiger partial charge >= 0.3 is 0 Å². The van der Waals surface area contributed by atoms with E-state index in [2.05, 4.69) is 17.6 Å². The Kier molecular flexibility index (Phi) is 2.95. The molecule has 2 unspecified atom stereocenters. The van der Waals surface area contributed by atoms with Crippen LogP contribution in [0.1, 0.15) is 27.2 Å². The van der Waals surface area contributed by atoms with Gasteiger partial charge in [-0.25, -0.2) is 0 Å². The summed E-state index contributed by atoms with van der Waals surface area (Å²) in [4.78, 5) is 25.4. The zero-order valence-corrected chi connectivity index (χ0v) is 10.5. The van der Waals surface area contributed by atoms with Crippen molar-refractivity contribution in [3.8, 4) is 0 Å². The van der Waals surface area contributed by atoms with Crippen molar-refractivity contribution >= 4 is 11.8 Å². The summed E-state index contributed by atoms with van der Waals surface area (Å²) < 4.78 is 0. The number of hydrogen-bond acceptors (Lipinski definition) is 3. The molecule has 0 radical (unpaired) electrons. The molecule has 2 rings (SSSR count). The van der Waals surface area contributed by atoms with Crippen molar-refractivity contribution in [3.05, 3.63) is 12.2 Å². The number of hydrogen-bond donors (Lipinski definition) is 2. The van der Waals surface area contributed by atoms with Crippen LogP contribution in [0.2, 0.25) is 0 Å². The second kappa shape index (κ2) is 4.14. The van der Waals surface area contributed by atoms with Crippen molar-refractivity contribution in [2.24, 2.45) is 0 Å². The Labute approximate surface area is 101 Å². The fraction of sp³-hybridized carbons (Fsp3) is 0.667. The maximum absolute atomic E-state index is 12.3. The number of carbonyl (C=O) groups excluding carboxylic acids is 2. The van der Waals surface area contributed by atoms with Gasteiger partial charge in [-0.05, 0) is 20.3 Å². The summed E-state index contributed by atoms with van der Waals surface area (Å²) in [6.45, 7) is 6.65. The Morgan fingerprint density at radius 3 is 2.82 bits per heavy atom. The molecule has 2 N–H and O–H groups in total. The molecule has 17 heavy (non-hydrogen) atoms. The number of fused-ring (bicyclic) bond motifs is 1.